The Morgan fingerprint density at radius 1 is 1.25 bits per heavy atom. The lowest BCUT2D eigenvalue weighted by molar-refractivity contribution is -0.117. The van der Waals surface area contributed by atoms with Crippen molar-refractivity contribution in [3.63, 3.8) is 0 Å². The summed E-state index contributed by atoms with van der Waals surface area (Å²) < 4.78 is 45.0. The molecule has 1 aliphatic heterocycles. The van der Waals surface area contributed by atoms with E-state index in [9.17, 15) is 22.4 Å². The van der Waals surface area contributed by atoms with Crippen molar-refractivity contribution in [1.29, 1.82) is 0 Å². The van der Waals surface area contributed by atoms with Crippen molar-refractivity contribution in [1.82, 2.24) is 10.3 Å². The first-order valence-corrected chi connectivity index (χ1v) is 12.4. The normalized spacial score (nSPS) is 17.5. The van der Waals surface area contributed by atoms with E-state index in [-0.39, 0.29) is 42.0 Å². The molecule has 0 radical (unpaired) electrons. The number of carbonyl (C=O) groups excluding carboxylic acids is 2. The molecule has 172 valence electrons. The number of nitrogens with zero attached hydrogens (tertiary/aromatic N) is 1. The first-order chi connectivity index (χ1) is 15.2. The van der Waals surface area contributed by atoms with Crippen LogP contribution in [-0.2, 0) is 21.1 Å². The fraction of sp³-hybridized carbons (Fsp3) is 0.455. The average Bonchev–Trinajstić information content (AvgIpc) is 3.33. The van der Waals surface area contributed by atoms with Gasteiger partial charge in [0.05, 0.1) is 18.1 Å². The van der Waals surface area contributed by atoms with Gasteiger partial charge in [0.15, 0.2) is 21.4 Å². The van der Waals surface area contributed by atoms with Crippen molar-refractivity contribution >= 4 is 27.6 Å². The van der Waals surface area contributed by atoms with E-state index >= 15 is 0 Å². The largest absolute Gasteiger partial charge is 0.490 e. The van der Waals surface area contributed by atoms with E-state index in [1.165, 1.54) is 11.0 Å². The van der Waals surface area contributed by atoms with Crippen molar-refractivity contribution in [3.05, 3.63) is 47.4 Å². The molecule has 0 bridgehead atoms. The van der Waals surface area contributed by atoms with Crippen LogP contribution >= 0.6 is 0 Å². The number of nitrogens with one attached hydrogen (secondary N) is 2. The lowest BCUT2D eigenvalue weighted by atomic mass is 10.0. The van der Waals surface area contributed by atoms with E-state index in [2.05, 4.69) is 10.3 Å². The number of aromatic nitrogens is 1. The molecule has 1 saturated carbocycles. The lowest BCUT2D eigenvalue weighted by Gasteiger charge is -2.15. The van der Waals surface area contributed by atoms with E-state index < -0.39 is 21.7 Å². The van der Waals surface area contributed by atoms with Crippen LogP contribution in [0.1, 0.15) is 36.8 Å². The van der Waals surface area contributed by atoms with Gasteiger partial charge in [-0.3, -0.25) is 15.0 Å². The highest BCUT2D eigenvalue weighted by atomic mass is 32.2. The first kappa shape index (κ1) is 22.3. The molecule has 2 fully saturated rings. The third kappa shape index (κ3) is 5.48. The number of aromatic amines is 1. The number of rotatable bonds is 10. The minimum absolute atomic E-state index is 0.0635. The number of benzene rings is 1. The van der Waals surface area contributed by atoms with Crippen LogP contribution in [0.15, 0.2) is 30.5 Å². The van der Waals surface area contributed by atoms with Gasteiger partial charge in [0.2, 0.25) is 5.91 Å². The molecule has 0 unspecified atom stereocenters. The van der Waals surface area contributed by atoms with Crippen LogP contribution in [0.4, 0.5) is 15.0 Å². The summed E-state index contributed by atoms with van der Waals surface area (Å²) in [7, 11) is -3.39. The highest BCUT2D eigenvalue weighted by molar-refractivity contribution is 7.91. The van der Waals surface area contributed by atoms with Crippen molar-refractivity contribution in [2.75, 3.05) is 29.6 Å². The summed E-state index contributed by atoms with van der Waals surface area (Å²) in [5, 5.41) is 2.19. The molecule has 1 aromatic heterocycles. The zero-order valence-corrected chi connectivity index (χ0v) is 18.6. The van der Waals surface area contributed by atoms with Crippen LogP contribution in [0.5, 0.6) is 5.75 Å². The van der Waals surface area contributed by atoms with Gasteiger partial charge < -0.3 is 9.72 Å². The van der Waals surface area contributed by atoms with Crippen LogP contribution in [-0.4, -0.2) is 50.0 Å². The van der Waals surface area contributed by atoms with Gasteiger partial charge in [-0.15, -0.1) is 0 Å². The zero-order chi connectivity index (χ0) is 22.9. The number of ether oxygens (including phenoxy) is 1. The summed E-state index contributed by atoms with van der Waals surface area (Å²) in [6, 6.07) is 5.67. The fourth-order valence-electron chi connectivity index (χ4n) is 3.63. The van der Waals surface area contributed by atoms with Gasteiger partial charge in [-0.05, 0) is 60.4 Å². The van der Waals surface area contributed by atoms with Gasteiger partial charge in [0, 0.05) is 6.20 Å². The zero-order valence-electron chi connectivity index (χ0n) is 17.8. The third-order valence-electron chi connectivity index (χ3n) is 5.71. The van der Waals surface area contributed by atoms with Crippen molar-refractivity contribution in [2.24, 2.45) is 5.92 Å². The van der Waals surface area contributed by atoms with Crippen LogP contribution in [0.3, 0.4) is 0 Å². The minimum atomic E-state index is -3.39. The lowest BCUT2D eigenvalue weighted by Crippen LogP contribution is -2.28. The third-order valence-corrected chi connectivity index (χ3v) is 7.55. The van der Waals surface area contributed by atoms with Gasteiger partial charge in [0.25, 0.3) is 0 Å². The van der Waals surface area contributed by atoms with E-state index in [1.807, 2.05) is 0 Å². The highest BCUT2D eigenvalue weighted by Gasteiger charge is 2.29. The van der Waals surface area contributed by atoms with Crippen LogP contribution in [0.2, 0.25) is 0 Å². The molecular weight excluding hydrogens is 437 g/mol. The molecule has 3 amide bonds. The molecule has 2 heterocycles. The number of carbonyl (C=O) groups is 2. The number of H-pyrrole nitrogens is 1. The Labute approximate surface area is 186 Å². The topological polar surface area (TPSA) is 109 Å². The number of halogens is 1. The second-order valence-electron chi connectivity index (χ2n) is 8.54. The van der Waals surface area contributed by atoms with Gasteiger partial charge in [0.1, 0.15) is 12.4 Å². The smallest absolute Gasteiger partial charge is 0.330 e. The summed E-state index contributed by atoms with van der Waals surface area (Å²) >= 11 is 0. The number of sulfone groups is 1. The summed E-state index contributed by atoms with van der Waals surface area (Å²) in [5.74, 6) is -0.171. The summed E-state index contributed by atoms with van der Waals surface area (Å²) in [4.78, 5) is 27.2. The van der Waals surface area contributed by atoms with Gasteiger partial charge in [-0.1, -0.05) is 13.0 Å². The van der Waals surface area contributed by atoms with Crippen LogP contribution < -0.4 is 15.0 Å². The quantitative estimate of drug-likeness (QED) is 0.527. The Balaban J connectivity index is 1.33. The summed E-state index contributed by atoms with van der Waals surface area (Å²) in [5.41, 5.74) is 1.44. The molecule has 1 saturated heterocycles. The maximum atomic E-state index is 14.0. The number of hydrogen-bond donors (Lipinski definition) is 2. The molecule has 1 aliphatic carbocycles. The molecule has 0 spiro atoms. The maximum absolute atomic E-state index is 14.0. The molecule has 2 aromatic rings. The number of anilines is 1. The summed E-state index contributed by atoms with van der Waals surface area (Å²) in [6.45, 7) is 2.21. The number of urea groups is 1. The van der Waals surface area contributed by atoms with Crippen molar-refractivity contribution in [2.45, 2.75) is 32.1 Å². The molecule has 32 heavy (non-hydrogen) atoms. The monoisotopic (exact) mass is 463 g/mol. The molecule has 2 N–H and O–H groups in total. The SMILES string of the molecule is C[C@@H](CS(=O)(=O)CCc1c[nH]c(N2CC(=O)NC2=O)c1)c1ccc(F)c(OCC2CC2)c1. The first-order valence-electron chi connectivity index (χ1n) is 10.6. The summed E-state index contributed by atoms with van der Waals surface area (Å²) in [6.07, 6.45) is 4.10. The van der Waals surface area contributed by atoms with E-state index in [0.29, 0.717) is 18.3 Å². The van der Waals surface area contributed by atoms with Gasteiger partial charge in [-0.25, -0.2) is 17.6 Å². The standard InChI is InChI=1S/C22H26FN3O5S/c1-14(17-4-5-18(23)19(9-17)31-12-15-2-3-15)13-32(29,30)7-6-16-8-20(24-10-16)26-11-21(27)25-22(26)28/h4-5,8-10,14-15,24H,2-3,6-7,11-13H2,1H3,(H,25,27,28)/t14-/m0/s1. The molecule has 4 rings (SSSR count). The minimum Gasteiger partial charge on any atom is -0.490 e. The van der Waals surface area contributed by atoms with Crippen molar-refractivity contribution < 1.29 is 27.1 Å². The Kier molecular flexibility index (Phi) is 6.23. The number of amides is 3. The molecule has 2 aliphatic rings. The molecule has 1 atom stereocenters. The number of imide groups is 1. The van der Waals surface area contributed by atoms with Crippen molar-refractivity contribution in [3.8, 4) is 5.75 Å². The molecular formula is C22H26FN3O5S. The second-order valence-corrected chi connectivity index (χ2v) is 10.8. The Morgan fingerprint density at radius 2 is 2.03 bits per heavy atom. The van der Waals surface area contributed by atoms with E-state index in [4.69, 9.17) is 4.74 Å². The highest BCUT2D eigenvalue weighted by Crippen LogP contribution is 2.31. The Hall–Kier alpha value is -2.88. The Bertz CT molecular complexity index is 1130. The van der Waals surface area contributed by atoms with E-state index in [0.717, 1.165) is 24.0 Å². The van der Waals surface area contributed by atoms with Crippen LogP contribution in [0, 0.1) is 11.7 Å². The number of hydrogen-bond acceptors (Lipinski definition) is 5. The fourth-order valence-corrected chi connectivity index (χ4v) is 5.29. The average molecular weight is 464 g/mol. The predicted molar refractivity (Wildman–Crippen MR) is 117 cm³/mol. The van der Waals surface area contributed by atoms with Gasteiger partial charge in [-0.2, -0.15) is 0 Å². The second kappa shape index (κ2) is 8.93. The van der Waals surface area contributed by atoms with E-state index in [1.54, 1.807) is 31.3 Å². The molecule has 8 nitrogen and oxygen atoms in total. The molecule has 10 heteroatoms. The maximum Gasteiger partial charge on any atom is 0.330 e. The predicted octanol–water partition coefficient (Wildman–Crippen LogP) is 2.76. The van der Waals surface area contributed by atoms with Gasteiger partial charge >= 0.3 is 6.03 Å². The number of aryl methyl sites for hydroxylation is 1. The molecule has 1 aromatic carbocycles. The van der Waals surface area contributed by atoms with Crippen LogP contribution in [0.25, 0.3) is 0 Å². The Morgan fingerprint density at radius 3 is 2.72 bits per heavy atom.